The summed E-state index contributed by atoms with van der Waals surface area (Å²) in [7, 11) is -2.66. The van der Waals surface area contributed by atoms with Gasteiger partial charge in [-0.1, -0.05) is 12.1 Å². The fourth-order valence-electron chi connectivity index (χ4n) is 2.06. The summed E-state index contributed by atoms with van der Waals surface area (Å²) < 4.78 is 21.1. The minimum atomic E-state index is -2.66. The fraction of sp³-hybridized carbons (Fsp3) is 0.154. The van der Waals surface area contributed by atoms with Crippen LogP contribution in [0.4, 0.5) is 5.69 Å². The standard InChI is InChI=1S/C13H12N2O5S/c1-10-5-6-11(8-12(10)14(16)17)9-15(18)7-3-2-4-13(15)21(19)20/h2-8H,9H2,1H3. The molecule has 110 valence electrons. The lowest BCUT2D eigenvalue weighted by atomic mass is 10.1. The van der Waals surface area contributed by atoms with E-state index < -0.39 is 19.9 Å². The second kappa shape index (κ2) is 5.60. The summed E-state index contributed by atoms with van der Waals surface area (Å²) in [6.45, 7) is 1.36. The van der Waals surface area contributed by atoms with Gasteiger partial charge in [-0.05, 0) is 19.1 Å². The van der Waals surface area contributed by atoms with Gasteiger partial charge < -0.3 is 5.21 Å². The molecule has 7 nitrogen and oxygen atoms in total. The van der Waals surface area contributed by atoms with Gasteiger partial charge in [-0.15, -0.1) is 0 Å². The van der Waals surface area contributed by atoms with Crippen LogP contribution in [-0.4, -0.2) is 23.0 Å². The van der Waals surface area contributed by atoms with Crippen molar-refractivity contribution in [3.8, 4) is 0 Å². The average Bonchev–Trinajstić information content (AvgIpc) is 2.40. The molecule has 1 aliphatic rings. The summed E-state index contributed by atoms with van der Waals surface area (Å²) in [4.78, 5) is 10.0. The molecule has 0 radical (unpaired) electrons. The topological polar surface area (TPSA) is 100 Å². The summed E-state index contributed by atoms with van der Waals surface area (Å²) in [6.07, 6.45) is 5.32. The van der Waals surface area contributed by atoms with Crippen LogP contribution in [0.15, 0.2) is 42.6 Å². The van der Waals surface area contributed by atoms with Crippen LogP contribution in [0, 0.1) is 22.2 Å². The molecule has 1 aromatic rings. The molecule has 0 saturated heterocycles. The number of nitro benzene ring substituents is 1. The highest BCUT2D eigenvalue weighted by molar-refractivity contribution is 7.72. The van der Waals surface area contributed by atoms with E-state index in [9.17, 15) is 23.7 Å². The van der Waals surface area contributed by atoms with Gasteiger partial charge in [0.1, 0.15) is 12.7 Å². The Morgan fingerprint density at radius 2 is 2.00 bits per heavy atom. The highest BCUT2D eigenvalue weighted by atomic mass is 32.2. The summed E-state index contributed by atoms with van der Waals surface area (Å²) >= 11 is 0. The van der Waals surface area contributed by atoms with Crippen molar-refractivity contribution in [1.82, 2.24) is 0 Å². The van der Waals surface area contributed by atoms with E-state index in [4.69, 9.17) is 0 Å². The number of nitro groups is 1. The van der Waals surface area contributed by atoms with Gasteiger partial charge in [-0.25, -0.2) is 0 Å². The molecule has 1 aliphatic heterocycles. The van der Waals surface area contributed by atoms with Crippen molar-refractivity contribution < 1.29 is 18.0 Å². The molecule has 1 atom stereocenters. The lowest BCUT2D eigenvalue weighted by Gasteiger charge is -2.37. The van der Waals surface area contributed by atoms with Crippen LogP contribution < -0.4 is 0 Å². The van der Waals surface area contributed by atoms with E-state index in [2.05, 4.69) is 0 Å². The molecule has 0 amide bonds. The smallest absolute Gasteiger partial charge is 0.277 e. The molecule has 0 saturated carbocycles. The third kappa shape index (κ3) is 3.07. The zero-order chi connectivity index (χ0) is 15.6. The number of quaternary nitrogens is 1. The molecule has 0 bridgehead atoms. The summed E-state index contributed by atoms with van der Waals surface area (Å²) in [6, 6.07) is 4.42. The number of hydroxylamine groups is 3. The van der Waals surface area contributed by atoms with Crippen molar-refractivity contribution in [2.24, 2.45) is 0 Å². The van der Waals surface area contributed by atoms with Crippen LogP contribution in [0.25, 0.3) is 0 Å². The molecule has 0 aromatic heterocycles. The minimum Gasteiger partial charge on any atom is -0.621 e. The van der Waals surface area contributed by atoms with Crippen molar-refractivity contribution >= 4 is 21.0 Å². The third-order valence-electron chi connectivity index (χ3n) is 3.11. The molecule has 0 spiro atoms. The van der Waals surface area contributed by atoms with Gasteiger partial charge in [0.05, 0.1) is 4.92 Å². The molecule has 1 heterocycles. The fourth-order valence-corrected chi connectivity index (χ4v) is 2.63. The van der Waals surface area contributed by atoms with Gasteiger partial charge in [0.2, 0.25) is 0 Å². The van der Waals surface area contributed by atoms with Gasteiger partial charge >= 0.3 is 0 Å². The van der Waals surface area contributed by atoms with Gasteiger partial charge in [0.25, 0.3) is 21.0 Å². The van der Waals surface area contributed by atoms with E-state index in [1.165, 1.54) is 36.6 Å². The Morgan fingerprint density at radius 3 is 2.62 bits per heavy atom. The highest BCUT2D eigenvalue weighted by Gasteiger charge is 2.26. The predicted molar refractivity (Wildman–Crippen MR) is 77.4 cm³/mol. The van der Waals surface area contributed by atoms with E-state index in [0.29, 0.717) is 11.1 Å². The largest absolute Gasteiger partial charge is 0.621 e. The lowest BCUT2D eigenvalue weighted by Crippen LogP contribution is -2.42. The molecule has 0 aliphatic carbocycles. The number of nitrogens with zero attached hydrogens (tertiary/aromatic N) is 2. The summed E-state index contributed by atoms with van der Waals surface area (Å²) in [5.74, 6) is 0. The first kappa shape index (κ1) is 15.1. The molecule has 21 heavy (non-hydrogen) atoms. The minimum absolute atomic E-state index is 0.0968. The van der Waals surface area contributed by atoms with Crippen molar-refractivity contribution in [2.75, 3.05) is 0 Å². The first-order valence-corrected chi connectivity index (χ1v) is 7.06. The summed E-state index contributed by atoms with van der Waals surface area (Å²) in [5, 5.41) is 23.5. The van der Waals surface area contributed by atoms with E-state index in [-0.39, 0.29) is 17.2 Å². The van der Waals surface area contributed by atoms with Gasteiger partial charge in [-0.3, -0.25) is 14.8 Å². The van der Waals surface area contributed by atoms with Crippen molar-refractivity contribution in [3.05, 3.63) is 69.1 Å². The number of hydrogen-bond acceptors (Lipinski definition) is 5. The SMILES string of the molecule is Cc1ccc(C[N+]2([O-])C=CC=CC2=S(=O)=O)cc1[N+](=O)[O-]. The van der Waals surface area contributed by atoms with Gasteiger partial charge in [-0.2, -0.15) is 8.42 Å². The maximum Gasteiger partial charge on any atom is 0.277 e. The average molecular weight is 308 g/mol. The Morgan fingerprint density at radius 1 is 1.29 bits per heavy atom. The zero-order valence-electron chi connectivity index (χ0n) is 11.1. The number of hydrogen-bond donors (Lipinski definition) is 0. The van der Waals surface area contributed by atoms with E-state index in [1.54, 1.807) is 13.0 Å². The third-order valence-corrected chi connectivity index (χ3v) is 3.89. The molecule has 2 rings (SSSR count). The van der Waals surface area contributed by atoms with Crippen LogP contribution in [0.2, 0.25) is 0 Å². The first-order valence-electron chi connectivity index (χ1n) is 5.99. The molecule has 0 fully saturated rings. The first-order chi connectivity index (χ1) is 9.83. The Kier molecular flexibility index (Phi) is 4.03. The van der Waals surface area contributed by atoms with Gasteiger partial charge in [0.15, 0.2) is 0 Å². The Hall–Kier alpha value is -2.29. The molecule has 0 N–H and O–H groups in total. The van der Waals surface area contributed by atoms with Crippen LogP contribution in [0.1, 0.15) is 11.1 Å². The van der Waals surface area contributed by atoms with Gasteiger partial charge in [0, 0.05) is 23.3 Å². The van der Waals surface area contributed by atoms with E-state index >= 15 is 0 Å². The Bertz CT molecular complexity index is 787. The van der Waals surface area contributed by atoms with Crippen LogP contribution in [-0.2, 0) is 16.8 Å². The van der Waals surface area contributed by atoms with E-state index in [1.807, 2.05) is 0 Å². The van der Waals surface area contributed by atoms with Crippen molar-refractivity contribution in [3.63, 3.8) is 0 Å². The van der Waals surface area contributed by atoms with Crippen molar-refractivity contribution in [2.45, 2.75) is 13.5 Å². The zero-order valence-corrected chi connectivity index (χ0v) is 11.9. The highest BCUT2D eigenvalue weighted by Crippen LogP contribution is 2.24. The normalized spacial score (nSPS) is 20.6. The summed E-state index contributed by atoms with van der Waals surface area (Å²) in [5.41, 5.74) is 0.775. The monoisotopic (exact) mass is 308 g/mol. The number of benzene rings is 1. The van der Waals surface area contributed by atoms with Crippen LogP contribution in [0.3, 0.4) is 0 Å². The maximum absolute atomic E-state index is 12.6. The second-order valence-electron chi connectivity index (χ2n) is 4.61. The Labute approximate surface area is 122 Å². The predicted octanol–water partition coefficient (Wildman–Crippen LogP) is 1.81. The lowest BCUT2D eigenvalue weighted by molar-refractivity contribution is -0.744. The van der Waals surface area contributed by atoms with Crippen LogP contribution >= 0.6 is 0 Å². The molecular weight excluding hydrogens is 296 g/mol. The quantitative estimate of drug-likeness (QED) is 0.279. The number of allylic oxidation sites excluding steroid dienone is 2. The maximum atomic E-state index is 12.6. The van der Waals surface area contributed by atoms with Crippen molar-refractivity contribution in [1.29, 1.82) is 0 Å². The molecular formula is C13H12N2O5S. The molecule has 1 unspecified atom stereocenters. The second-order valence-corrected chi connectivity index (χ2v) is 5.49. The Balaban J connectivity index is 2.44. The number of aryl methyl sites for hydroxylation is 1. The van der Waals surface area contributed by atoms with E-state index in [0.717, 1.165) is 0 Å². The number of rotatable bonds is 3. The molecule has 8 heteroatoms. The molecule has 1 aromatic carbocycles. The van der Waals surface area contributed by atoms with Crippen LogP contribution in [0.5, 0.6) is 0 Å².